The molecule has 0 spiro atoms. The first-order chi connectivity index (χ1) is 20.6. The summed E-state index contributed by atoms with van der Waals surface area (Å²) >= 11 is 0. The number of oxazole rings is 1. The molecule has 1 saturated carbocycles. The number of aromatic carboxylic acids is 1. The van der Waals surface area contributed by atoms with Crippen LogP contribution in [-0.2, 0) is 6.42 Å². The number of allylic oxidation sites excluding steroid dienone is 1. The van der Waals surface area contributed by atoms with Crippen molar-refractivity contribution in [1.82, 2.24) is 4.98 Å². The number of hydrogen-bond acceptors (Lipinski definition) is 4. The molecule has 218 valence electrons. The zero-order valence-corrected chi connectivity index (χ0v) is 24.0. The lowest BCUT2D eigenvalue weighted by atomic mass is 9.84. The number of carbonyl (C=O) groups is 1. The summed E-state index contributed by atoms with van der Waals surface area (Å²) in [6.07, 6.45) is 12.8. The molecule has 0 atom stereocenters. The van der Waals surface area contributed by atoms with Gasteiger partial charge in [0.05, 0.1) is 18.3 Å². The summed E-state index contributed by atoms with van der Waals surface area (Å²) in [6.45, 7) is -0.200. The van der Waals surface area contributed by atoms with Gasteiger partial charge >= 0.3 is 5.97 Å². The summed E-state index contributed by atoms with van der Waals surface area (Å²) in [7, 11) is 0. The number of aromatic nitrogens is 1. The van der Waals surface area contributed by atoms with Crippen LogP contribution >= 0.6 is 0 Å². The summed E-state index contributed by atoms with van der Waals surface area (Å²) in [6, 6.07) is 20.1. The lowest BCUT2D eigenvalue weighted by Crippen LogP contribution is -2.24. The SMILES string of the molecule is O=C(O)c1ccc2c(c1)CCCC(c1ccc3ocnc3c1)=C2c1ccc(OC2CCC(CCCCCF)CC2)cc1. The number of ether oxygens (including phenoxy) is 1. The maximum atomic E-state index is 12.4. The van der Waals surface area contributed by atoms with Crippen molar-refractivity contribution in [2.24, 2.45) is 5.92 Å². The topological polar surface area (TPSA) is 72.6 Å². The molecular weight excluding hydrogens is 529 g/mol. The fourth-order valence-electron chi connectivity index (χ4n) is 6.72. The molecular formula is C36H38FNO4. The van der Waals surface area contributed by atoms with E-state index in [2.05, 4.69) is 41.4 Å². The fraction of sp³-hybridized carbons (Fsp3) is 0.389. The predicted molar refractivity (Wildman–Crippen MR) is 164 cm³/mol. The van der Waals surface area contributed by atoms with Gasteiger partial charge in [-0.3, -0.25) is 4.39 Å². The predicted octanol–water partition coefficient (Wildman–Crippen LogP) is 9.29. The molecule has 0 amide bonds. The van der Waals surface area contributed by atoms with Gasteiger partial charge in [-0.1, -0.05) is 43.5 Å². The van der Waals surface area contributed by atoms with E-state index in [9.17, 15) is 14.3 Å². The number of hydrogen-bond donors (Lipinski definition) is 1. The van der Waals surface area contributed by atoms with Crippen LogP contribution in [0.15, 0.2) is 71.5 Å². The van der Waals surface area contributed by atoms with Crippen LogP contribution in [-0.4, -0.2) is 28.8 Å². The minimum absolute atomic E-state index is 0.200. The third-order valence-electron chi connectivity index (χ3n) is 8.96. The molecule has 6 rings (SSSR count). The van der Waals surface area contributed by atoms with E-state index in [1.165, 1.54) is 31.2 Å². The molecule has 5 nitrogen and oxygen atoms in total. The second-order valence-electron chi connectivity index (χ2n) is 11.7. The second kappa shape index (κ2) is 12.9. The van der Waals surface area contributed by atoms with E-state index >= 15 is 0 Å². The molecule has 1 aromatic heterocycles. The van der Waals surface area contributed by atoms with Gasteiger partial charge in [-0.2, -0.15) is 0 Å². The van der Waals surface area contributed by atoms with Gasteiger partial charge in [0.15, 0.2) is 12.0 Å². The molecule has 0 bridgehead atoms. The first-order valence-electron chi connectivity index (χ1n) is 15.4. The first kappa shape index (κ1) is 28.2. The average Bonchev–Trinajstić information content (AvgIpc) is 3.40. The lowest BCUT2D eigenvalue weighted by molar-refractivity contribution is 0.0696. The number of aryl methyl sites for hydroxylation is 1. The third kappa shape index (κ3) is 6.28. The largest absolute Gasteiger partial charge is 0.490 e. The summed E-state index contributed by atoms with van der Waals surface area (Å²) in [4.78, 5) is 16.1. The number of fused-ring (bicyclic) bond motifs is 2. The quantitative estimate of drug-likeness (QED) is 0.193. The van der Waals surface area contributed by atoms with Gasteiger partial charge < -0.3 is 14.3 Å². The Kier molecular flexibility index (Phi) is 8.68. The molecule has 0 saturated heterocycles. The number of nitrogens with zero attached hydrogens (tertiary/aromatic N) is 1. The molecule has 0 radical (unpaired) electrons. The Morgan fingerprint density at radius 1 is 0.929 bits per heavy atom. The average molecular weight is 568 g/mol. The molecule has 6 heteroatoms. The lowest BCUT2D eigenvalue weighted by Gasteiger charge is -2.29. The number of halogens is 1. The van der Waals surface area contributed by atoms with Crippen LogP contribution in [0, 0.1) is 5.92 Å². The van der Waals surface area contributed by atoms with Crippen LogP contribution in [0.1, 0.15) is 96.8 Å². The van der Waals surface area contributed by atoms with Crippen LogP contribution in [0.2, 0.25) is 0 Å². The van der Waals surface area contributed by atoms with Gasteiger partial charge in [-0.25, -0.2) is 9.78 Å². The monoisotopic (exact) mass is 567 g/mol. The highest BCUT2D eigenvalue weighted by atomic mass is 19.1. The second-order valence-corrected chi connectivity index (χ2v) is 11.7. The van der Waals surface area contributed by atoms with Crippen molar-refractivity contribution in [2.75, 3.05) is 6.67 Å². The van der Waals surface area contributed by atoms with Crippen LogP contribution in [0.4, 0.5) is 4.39 Å². The molecule has 2 aliphatic carbocycles. The van der Waals surface area contributed by atoms with E-state index in [0.717, 1.165) is 95.5 Å². The zero-order chi connectivity index (χ0) is 28.9. The van der Waals surface area contributed by atoms with Crippen molar-refractivity contribution in [2.45, 2.75) is 76.7 Å². The Morgan fingerprint density at radius 2 is 1.74 bits per heavy atom. The number of benzene rings is 3. The molecule has 0 aliphatic heterocycles. The highest BCUT2D eigenvalue weighted by molar-refractivity contribution is 6.01. The molecule has 0 unspecified atom stereocenters. The number of carboxylic acids is 1. The first-order valence-corrected chi connectivity index (χ1v) is 15.4. The summed E-state index contributed by atoms with van der Waals surface area (Å²) in [5.74, 6) is 0.716. The van der Waals surface area contributed by atoms with E-state index in [0.29, 0.717) is 12.0 Å². The normalized spacial score (nSPS) is 19.0. The van der Waals surface area contributed by atoms with Gasteiger partial charge in [-0.05, 0) is 127 Å². The van der Waals surface area contributed by atoms with Crippen LogP contribution in [0.5, 0.6) is 5.75 Å². The van der Waals surface area contributed by atoms with E-state index in [4.69, 9.17) is 9.15 Å². The molecule has 1 heterocycles. The minimum Gasteiger partial charge on any atom is -0.490 e. The maximum absolute atomic E-state index is 12.4. The highest BCUT2D eigenvalue weighted by Crippen LogP contribution is 2.41. The molecule has 2 aliphatic rings. The van der Waals surface area contributed by atoms with Crippen LogP contribution in [0.3, 0.4) is 0 Å². The Labute approximate surface area is 246 Å². The Hall–Kier alpha value is -3.93. The Morgan fingerprint density at radius 3 is 2.52 bits per heavy atom. The summed E-state index contributed by atoms with van der Waals surface area (Å²) in [5, 5.41) is 9.63. The molecule has 1 fully saturated rings. The standard InChI is InChI=1S/C36H38FNO4/c37-20-3-1-2-5-24-8-14-29(15-9-24)42-30-16-10-25(11-17-30)35-31(27-13-19-34-33(22-27)38-23-41-34)7-4-6-26-21-28(36(39)40)12-18-32(26)35/h10-13,16-19,21-24,29H,1-9,14-15,20H2,(H,39,40). The van der Waals surface area contributed by atoms with Crippen molar-refractivity contribution >= 4 is 28.2 Å². The summed E-state index contributed by atoms with van der Waals surface area (Å²) < 4.78 is 24.3. The fourth-order valence-corrected chi connectivity index (χ4v) is 6.72. The van der Waals surface area contributed by atoms with Gasteiger partial charge in [0.1, 0.15) is 11.3 Å². The number of carboxylic acid groups (broad SMARTS) is 1. The van der Waals surface area contributed by atoms with Gasteiger partial charge in [-0.15, -0.1) is 0 Å². The van der Waals surface area contributed by atoms with E-state index in [1.54, 1.807) is 6.07 Å². The summed E-state index contributed by atoms with van der Waals surface area (Å²) in [5.41, 5.74) is 8.57. The van der Waals surface area contributed by atoms with Crippen LogP contribution in [0.25, 0.3) is 22.2 Å². The van der Waals surface area contributed by atoms with Gasteiger partial charge in [0.25, 0.3) is 0 Å². The van der Waals surface area contributed by atoms with E-state index < -0.39 is 5.97 Å². The highest BCUT2D eigenvalue weighted by Gasteiger charge is 2.24. The van der Waals surface area contributed by atoms with Gasteiger partial charge in [0, 0.05) is 0 Å². The number of unbranched alkanes of at least 4 members (excludes halogenated alkanes) is 2. The van der Waals surface area contributed by atoms with Crippen molar-refractivity contribution in [1.29, 1.82) is 0 Å². The molecule has 42 heavy (non-hydrogen) atoms. The van der Waals surface area contributed by atoms with Crippen molar-refractivity contribution in [3.8, 4) is 5.75 Å². The number of alkyl halides is 1. The Balaban J connectivity index is 1.26. The molecule has 4 aromatic rings. The maximum Gasteiger partial charge on any atom is 0.335 e. The molecule has 1 N–H and O–H groups in total. The van der Waals surface area contributed by atoms with Crippen molar-refractivity contribution in [3.05, 3.63) is 94.9 Å². The van der Waals surface area contributed by atoms with E-state index in [1.807, 2.05) is 18.2 Å². The third-order valence-corrected chi connectivity index (χ3v) is 8.96. The van der Waals surface area contributed by atoms with Crippen molar-refractivity contribution in [3.63, 3.8) is 0 Å². The Bertz CT molecular complexity index is 1560. The zero-order valence-electron chi connectivity index (χ0n) is 24.0. The van der Waals surface area contributed by atoms with E-state index in [-0.39, 0.29) is 12.8 Å². The molecule has 3 aromatic carbocycles. The van der Waals surface area contributed by atoms with Crippen LogP contribution < -0.4 is 4.74 Å². The smallest absolute Gasteiger partial charge is 0.335 e. The number of rotatable bonds is 10. The van der Waals surface area contributed by atoms with Crippen molar-refractivity contribution < 1.29 is 23.4 Å². The van der Waals surface area contributed by atoms with Gasteiger partial charge in [0.2, 0.25) is 0 Å². The minimum atomic E-state index is -0.906.